The van der Waals surface area contributed by atoms with E-state index < -0.39 is 0 Å². The quantitative estimate of drug-likeness (QED) is 0.345. The number of hydrogen-bond acceptors (Lipinski definition) is 3. The molecule has 2 rings (SSSR count). The number of benzene rings is 1. The lowest BCUT2D eigenvalue weighted by Gasteiger charge is -2.33. The third-order valence-corrected chi connectivity index (χ3v) is 5.23. The van der Waals surface area contributed by atoms with E-state index in [9.17, 15) is 4.79 Å². The Morgan fingerprint density at radius 2 is 2.14 bits per heavy atom. The van der Waals surface area contributed by atoms with E-state index in [1.165, 1.54) is 25.8 Å². The van der Waals surface area contributed by atoms with Crippen LogP contribution in [0.5, 0.6) is 0 Å². The van der Waals surface area contributed by atoms with E-state index in [0.29, 0.717) is 13.0 Å². The third kappa shape index (κ3) is 7.89. The average molecular weight is 388 g/mol. The summed E-state index contributed by atoms with van der Waals surface area (Å²) in [5.41, 5.74) is 1.95. The highest BCUT2D eigenvalue weighted by Gasteiger charge is 2.17. The predicted molar refractivity (Wildman–Crippen MR) is 118 cm³/mol. The zero-order valence-corrected chi connectivity index (χ0v) is 17.8. The van der Waals surface area contributed by atoms with Crippen LogP contribution in [0.15, 0.2) is 29.3 Å². The van der Waals surface area contributed by atoms with Gasteiger partial charge in [0.1, 0.15) is 0 Å². The van der Waals surface area contributed by atoms with Crippen LogP contribution in [0.25, 0.3) is 0 Å². The van der Waals surface area contributed by atoms with E-state index in [4.69, 9.17) is 0 Å². The van der Waals surface area contributed by atoms with Crippen molar-refractivity contribution in [2.45, 2.75) is 65.0 Å². The summed E-state index contributed by atoms with van der Waals surface area (Å²) < 4.78 is 0. The SMILES string of the molecule is CCCC(=O)Nc1cccc(CNC(=NC)NCCCN2CCCCC2C)c1. The summed E-state index contributed by atoms with van der Waals surface area (Å²) >= 11 is 0. The molecule has 1 atom stereocenters. The monoisotopic (exact) mass is 387 g/mol. The molecule has 6 heteroatoms. The van der Waals surface area contributed by atoms with Crippen LogP contribution in [0.2, 0.25) is 0 Å². The van der Waals surface area contributed by atoms with Crippen molar-refractivity contribution in [3.63, 3.8) is 0 Å². The molecule has 0 saturated carbocycles. The van der Waals surface area contributed by atoms with E-state index >= 15 is 0 Å². The van der Waals surface area contributed by atoms with Crippen LogP contribution >= 0.6 is 0 Å². The number of guanidine groups is 1. The fraction of sp³-hybridized carbons (Fsp3) is 0.636. The van der Waals surface area contributed by atoms with Gasteiger partial charge in [0.2, 0.25) is 5.91 Å². The Hall–Kier alpha value is -2.08. The van der Waals surface area contributed by atoms with Gasteiger partial charge in [-0.3, -0.25) is 9.79 Å². The van der Waals surface area contributed by atoms with Crippen molar-refractivity contribution in [1.82, 2.24) is 15.5 Å². The van der Waals surface area contributed by atoms with Gasteiger partial charge in [-0.2, -0.15) is 0 Å². The first kappa shape index (κ1) is 22.2. The lowest BCUT2D eigenvalue weighted by atomic mass is 10.0. The fourth-order valence-electron chi connectivity index (χ4n) is 3.59. The summed E-state index contributed by atoms with van der Waals surface area (Å²) in [5.74, 6) is 0.875. The number of amides is 1. The zero-order chi connectivity index (χ0) is 20.2. The maximum atomic E-state index is 11.8. The predicted octanol–water partition coefficient (Wildman–Crippen LogP) is 3.35. The number of carbonyl (C=O) groups excluding carboxylic acids is 1. The highest BCUT2D eigenvalue weighted by molar-refractivity contribution is 5.90. The molecule has 1 aromatic rings. The third-order valence-electron chi connectivity index (χ3n) is 5.23. The Bertz CT molecular complexity index is 631. The largest absolute Gasteiger partial charge is 0.356 e. The van der Waals surface area contributed by atoms with Crippen LogP contribution in [0.4, 0.5) is 5.69 Å². The van der Waals surface area contributed by atoms with Crippen molar-refractivity contribution in [3.8, 4) is 0 Å². The lowest BCUT2D eigenvalue weighted by molar-refractivity contribution is -0.116. The number of hydrogen-bond donors (Lipinski definition) is 3. The summed E-state index contributed by atoms with van der Waals surface area (Å²) in [6, 6.07) is 8.66. The highest BCUT2D eigenvalue weighted by Crippen LogP contribution is 2.16. The number of nitrogens with zero attached hydrogens (tertiary/aromatic N) is 2. The summed E-state index contributed by atoms with van der Waals surface area (Å²) in [6.45, 7) is 8.30. The van der Waals surface area contributed by atoms with E-state index in [1.54, 1.807) is 7.05 Å². The molecule has 0 aliphatic carbocycles. The zero-order valence-electron chi connectivity index (χ0n) is 17.8. The minimum absolute atomic E-state index is 0.0631. The number of anilines is 1. The molecule has 28 heavy (non-hydrogen) atoms. The van der Waals surface area contributed by atoms with Crippen LogP contribution in [0.3, 0.4) is 0 Å². The van der Waals surface area contributed by atoms with Crippen molar-refractivity contribution in [3.05, 3.63) is 29.8 Å². The van der Waals surface area contributed by atoms with Crippen molar-refractivity contribution in [2.75, 3.05) is 32.0 Å². The molecule has 1 saturated heterocycles. The molecule has 1 amide bonds. The van der Waals surface area contributed by atoms with Gasteiger partial charge in [0.25, 0.3) is 0 Å². The van der Waals surface area contributed by atoms with Crippen LogP contribution in [-0.4, -0.2) is 49.5 Å². The molecular formula is C22H37N5O. The van der Waals surface area contributed by atoms with Crippen molar-refractivity contribution < 1.29 is 4.79 Å². The number of piperidine rings is 1. The molecule has 1 aromatic carbocycles. The molecule has 6 nitrogen and oxygen atoms in total. The smallest absolute Gasteiger partial charge is 0.224 e. The Balaban J connectivity index is 1.70. The fourth-order valence-corrected chi connectivity index (χ4v) is 3.59. The van der Waals surface area contributed by atoms with Gasteiger partial charge >= 0.3 is 0 Å². The van der Waals surface area contributed by atoms with Crippen LogP contribution in [0.1, 0.15) is 57.9 Å². The molecule has 0 aromatic heterocycles. The number of likely N-dealkylation sites (tertiary alicyclic amines) is 1. The van der Waals surface area contributed by atoms with Gasteiger partial charge in [0.05, 0.1) is 0 Å². The molecule has 1 aliphatic heterocycles. The first-order valence-corrected chi connectivity index (χ1v) is 10.7. The normalized spacial score (nSPS) is 18.0. The van der Waals surface area contributed by atoms with Gasteiger partial charge in [0, 0.05) is 44.8 Å². The summed E-state index contributed by atoms with van der Waals surface area (Å²) in [7, 11) is 1.80. The maximum absolute atomic E-state index is 11.8. The maximum Gasteiger partial charge on any atom is 0.224 e. The van der Waals surface area contributed by atoms with E-state index in [0.717, 1.165) is 49.2 Å². The van der Waals surface area contributed by atoms with Crippen LogP contribution < -0.4 is 16.0 Å². The summed E-state index contributed by atoms with van der Waals surface area (Å²) in [5, 5.41) is 9.70. The number of aliphatic imine (C=N–C) groups is 1. The van der Waals surface area contributed by atoms with Crippen molar-refractivity contribution >= 4 is 17.6 Å². The molecule has 1 aliphatic rings. The molecule has 0 bridgehead atoms. The summed E-state index contributed by atoms with van der Waals surface area (Å²) in [4.78, 5) is 18.7. The highest BCUT2D eigenvalue weighted by atomic mass is 16.1. The van der Waals surface area contributed by atoms with Crippen LogP contribution in [0, 0.1) is 0 Å². The molecule has 1 heterocycles. The van der Waals surface area contributed by atoms with Gasteiger partial charge in [0.15, 0.2) is 5.96 Å². The lowest BCUT2D eigenvalue weighted by Crippen LogP contribution is -2.41. The second-order valence-corrected chi connectivity index (χ2v) is 7.59. The first-order valence-electron chi connectivity index (χ1n) is 10.7. The van der Waals surface area contributed by atoms with Gasteiger partial charge in [-0.25, -0.2) is 0 Å². The molecular weight excluding hydrogens is 350 g/mol. The topological polar surface area (TPSA) is 68.8 Å². The minimum atomic E-state index is 0.0631. The average Bonchev–Trinajstić information content (AvgIpc) is 2.69. The van der Waals surface area contributed by atoms with Crippen molar-refractivity contribution in [2.24, 2.45) is 4.99 Å². The van der Waals surface area contributed by atoms with Gasteiger partial charge in [-0.05, 0) is 56.8 Å². The van der Waals surface area contributed by atoms with Gasteiger partial charge in [-0.15, -0.1) is 0 Å². The summed E-state index contributed by atoms with van der Waals surface area (Å²) in [6.07, 6.45) is 6.55. The minimum Gasteiger partial charge on any atom is -0.356 e. The number of carbonyl (C=O) groups is 1. The Labute approximate surface area is 170 Å². The van der Waals surface area contributed by atoms with Crippen molar-refractivity contribution in [1.29, 1.82) is 0 Å². The molecule has 0 radical (unpaired) electrons. The molecule has 0 spiro atoms. The Kier molecular flexibility index (Phi) is 9.83. The standard InChI is InChI=1S/C22H37N5O/c1-4-9-21(28)26-20-12-7-11-19(16-20)17-25-22(23-3)24-13-8-15-27-14-6-5-10-18(27)2/h7,11-12,16,18H,4-6,8-10,13-15,17H2,1-3H3,(H,26,28)(H2,23,24,25). The van der Waals surface area contributed by atoms with Crippen LogP contribution in [-0.2, 0) is 11.3 Å². The Morgan fingerprint density at radius 3 is 2.89 bits per heavy atom. The molecule has 1 fully saturated rings. The first-order chi connectivity index (χ1) is 13.6. The second kappa shape index (κ2) is 12.4. The Morgan fingerprint density at radius 1 is 1.29 bits per heavy atom. The van der Waals surface area contributed by atoms with Gasteiger partial charge < -0.3 is 20.9 Å². The second-order valence-electron chi connectivity index (χ2n) is 7.59. The van der Waals surface area contributed by atoms with Gasteiger partial charge in [-0.1, -0.05) is 25.5 Å². The van der Waals surface area contributed by atoms with E-state index in [2.05, 4.69) is 32.8 Å². The number of nitrogens with one attached hydrogen (secondary N) is 3. The van der Waals surface area contributed by atoms with E-state index in [-0.39, 0.29) is 5.91 Å². The molecule has 1 unspecified atom stereocenters. The molecule has 3 N–H and O–H groups in total. The van der Waals surface area contributed by atoms with E-state index in [1.807, 2.05) is 31.2 Å². The number of rotatable bonds is 9. The molecule has 156 valence electrons.